The molecular formula is C19H20N3O3-. The van der Waals surface area contributed by atoms with E-state index in [1.165, 1.54) is 0 Å². The zero-order chi connectivity index (χ0) is 18.4. The largest absolute Gasteiger partial charge is 0.548 e. The van der Waals surface area contributed by atoms with Gasteiger partial charge in [0, 0.05) is 19.8 Å². The van der Waals surface area contributed by atoms with Crippen LogP contribution in [-0.2, 0) is 4.79 Å². The lowest BCUT2D eigenvalue weighted by Crippen LogP contribution is -2.34. The van der Waals surface area contributed by atoms with E-state index in [-0.39, 0.29) is 0 Å². The summed E-state index contributed by atoms with van der Waals surface area (Å²) in [5.41, 5.74) is 2.43. The maximum atomic E-state index is 11.6. The third-order valence-electron chi connectivity index (χ3n) is 3.66. The van der Waals surface area contributed by atoms with E-state index in [0.717, 1.165) is 5.69 Å². The molecule has 0 saturated heterocycles. The Hall–Kier alpha value is -3.20. The van der Waals surface area contributed by atoms with Crippen molar-refractivity contribution < 1.29 is 14.6 Å². The number of rotatable bonds is 7. The van der Waals surface area contributed by atoms with Crippen molar-refractivity contribution in [2.75, 3.05) is 30.9 Å². The smallest absolute Gasteiger partial charge is 0.142 e. The van der Waals surface area contributed by atoms with Crippen LogP contribution >= 0.6 is 0 Å². The van der Waals surface area contributed by atoms with E-state index in [2.05, 4.69) is 5.32 Å². The number of carboxylic acids is 1. The van der Waals surface area contributed by atoms with E-state index in [1.807, 2.05) is 32.0 Å². The van der Waals surface area contributed by atoms with Crippen molar-refractivity contribution in [2.24, 2.45) is 0 Å². The summed E-state index contributed by atoms with van der Waals surface area (Å²) in [6.45, 7) is 2.41. The molecule has 1 N–H and O–H groups in total. The Morgan fingerprint density at radius 3 is 2.48 bits per heavy atom. The summed E-state index contributed by atoms with van der Waals surface area (Å²) in [4.78, 5) is 13.5. The number of hydrogen-bond donors (Lipinski definition) is 1. The van der Waals surface area contributed by atoms with E-state index in [9.17, 15) is 9.90 Å². The van der Waals surface area contributed by atoms with Gasteiger partial charge >= 0.3 is 0 Å². The molecule has 25 heavy (non-hydrogen) atoms. The van der Waals surface area contributed by atoms with Crippen molar-refractivity contribution in [3.63, 3.8) is 0 Å². The first-order valence-corrected chi connectivity index (χ1v) is 7.88. The van der Waals surface area contributed by atoms with Crippen LogP contribution in [0.5, 0.6) is 5.75 Å². The number of anilines is 2. The zero-order valence-corrected chi connectivity index (χ0v) is 14.4. The fourth-order valence-corrected chi connectivity index (χ4v) is 2.43. The van der Waals surface area contributed by atoms with E-state index >= 15 is 0 Å². The maximum Gasteiger partial charge on any atom is 0.142 e. The number of nitrogens with one attached hydrogen (secondary N) is 1. The van der Waals surface area contributed by atoms with Gasteiger partial charge in [0.2, 0.25) is 0 Å². The van der Waals surface area contributed by atoms with E-state index in [0.29, 0.717) is 29.2 Å². The van der Waals surface area contributed by atoms with Crippen LogP contribution in [0.4, 0.5) is 11.4 Å². The third kappa shape index (κ3) is 4.42. The molecule has 0 fully saturated rings. The third-order valence-corrected chi connectivity index (χ3v) is 3.66. The minimum atomic E-state index is -1.24. The van der Waals surface area contributed by atoms with Gasteiger partial charge in [0.15, 0.2) is 0 Å². The Balaban J connectivity index is 2.34. The fraction of sp³-hybridized carbons (Fsp3) is 0.263. The fourth-order valence-electron chi connectivity index (χ4n) is 2.43. The van der Waals surface area contributed by atoms with E-state index in [1.54, 1.807) is 42.5 Å². The summed E-state index contributed by atoms with van der Waals surface area (Å²) in [6, 6.07) is 12.8. The highest BCUT2D eigenvalue weighted by Gasteiger charge is 2.16. The first-order chi connectivity index (χ1) is 12.0. The molecule has 0 aromatic heterocycles. The molecule has 0 saturated carbocycles. The van der Waals surface area contributed by atoms with Crippen LogP contribution in [0.2, 0.25) is 0 Å². The first kappa shape index (κ1) is 18.1. The molecule has 2 aromatic rings. The van der Waals surface area contributed by atoms with Crippen LogP contribution in [0.15, 0.2) is 42.5 Å². The first-order valence-electron chi connectivity index (χ1n) is 7.88. The molecule has 130 valence electrons. The van der Waals surface area contributed by atoms with Gasteiger partial charge in [-0.25, -0.2) is 0 Å². The standard InChI is InChI=1S/C19H21N3O3/c1-4-25-17-10-7-14(11-16(17)22(2)3)18(19(23)24)21-15-8-5-13(12-20)6-9-15/h5-11,18,21H,4H2,1-3H3,(H,23,24)/p-1. The number of nitrogens with zero attached hydrogens (tertiary/aromatic N) is 2. The topological polar surface area (TPSA) is 88.4 Å². The quantitative estimate of drug-likeness (QED) is 0.830. The van der Waals surface area contributed by atoms with Crippen LogP contribution in [0.25, 0.3) is 0 Å². The molecule has 0 radical (unpaired) electrons. The molecule has 0 amide bonds. The summed E-state index contributed by atoms with van der Waals surface area (Å²) < 4.78 is 5.58. The molecule has 0 bridgehead atoms. The zero-order valence-electron chi connectivity index (χ0n) is 14.4. The summed E-state index contributed by atoms with van der Waals surface area (Å²) in [5, 5.41) is 23.4. The summed E-state index contributed by atoms with van der Waals surface area (Å²) in [7, 11) is 3.73. The van der Waals surface area contributed by atoms with E-state index in [4.69, 9.17) is 10.00 Å². The molecule has 2 rings (SSSR count). The maximum absolute atomic E-state index is 11.6. The van der Waals surface area contributed by atoms with Crippen LogP contribution in [0.1, 0.15) is 24.1 Å². The van der Waals surface area contributed by atoms with Crippen LogP contribution < -0.4 is 20.1 Å². The van der Waals surface area contributed by atoms with Gasteiger partial charge in [0.1, 0.15) is 5.75 Å². The van der Waals surface area contributed by atoms with E-state index < -0.39 is 12.0 Å². The SMILES string of the molecule is CCOc1ccc(C(Nc2ccc(C#N)cc2)C(=O)[O-])cc1N(C)C. The highest BCUT2D eigenvalue weighted by molar-refractivity contribution is 5.78. The summed E-state index contributed by atoms with van der Waals surface area (Å²) in [5.74, 6) is -0.551. The molecule has 1 atom stereocenters. The Kier molecular flexibility index (Phi) is 5.85. The second-order valence-corrected chi connectivity index (χ2v) is 5.64. The van der Waals surface area contributed by atoms with Crippen LogP contribution in [-0.4, -0.2) is 26.7 Å². The van der Waals surface area contributed by atoms with Crippen molar-refractivity contribution >= 4 is 17.3 Å². The number of aliphatic carboxylic acids is 1. The lowest BCUT2D eigenvalue weighted by molar-refractivity contribution is -0.307. The highest BCUT2D eigenvalue weighted by Crippen LogP contribution is 2.31. The number of nitriles is 1. The van der Waals surface area contributed by atoms with Crippen molar-refractivity contribution in [1.82, 2.24) is 0 Å². The second kappa shape index (κ2) is 8.06. The molecule has 6 heteroatoms. The molecule has 0 heterocycles. The minimum absolute atomic E-state index is 0.506. The molecular weight excluding hydrogens is 318 g/mol. The molecule has 6 nitrogen and oxygen atoms in total. The van der Waals surface area contributed by atoms with Gasteiger partial charge in [0.25, 0.3) is 0 Å². The number of carboxylic acid groups (broad SMARTS) is 1. The Bertz CT molecular complexity index is 779. The number of hydrogen-bond acceptors (Lipinski definition) is 6. The van der Waals surface area contributed by atoms with Gasteiger partial charge in [-0.3, -0.25) is 0 Å². The van der Waals surface area contributed by atoms with Gasteiger partial charge in [-0.1, -0.05) is 6.07 Å². The van der Waals surface area contributed by atoms with Gasteiger partial charge in [-0.2, -0.15) is 5.26 Å². The minimum Gasteiger partial charge on any atom is -0.548 e. The second-order valence-electron chi connectivity index (χ2n) is 5.64. The van der Waals surface area contributed by atoms with Gasteiger partial charge in [0.05, 0.1) is 35.9 Å². The lowest BCUT2D eigenvalue weighted by atomic mass is 10.0. The number of ether oxygens (including phenoxy) is 1. The van der Waals surface area contributed by atoms with Crippen molar-refractivity contribution in [3.8, 4) is 11.8 Å². The molecule has 0 aliphatic carbocycles. The highest BCUT2D eigenvalue weighted by atomic mass is 16.5. The van der Waals surface area contributed by atoms with Crippen molar-refractivity contribution in [3.05, 3.63) is 53.6 Å². The molecule has 0 spiro atoms. The van der Waals surface area contributed by atoms with Crippen molar-refractivity contribution in [2.45, 2.75) is 13.0 Å². The predicted molar refractivity (Wildman–Crippen MR) is 94.5 cm³/mol. The Morgan fingerprint density at radius 1 is 1.28 bits per heavy atom. The average Bonchev–Trinajstić information content (AvgIpc) is 2.60. The van der Waals surface area contributed by atoms with Gasteiger partial charge in [-0.15, -0.1) is 0 Å². The Morgan fingerprint density at radius 2 is 1.96 bits per heavy atom. The van der Waals surface area contributed by atoms with Crippen LogP contribution in [0.3, 0.4) is 0 Å². The molecule has 2 aromatic carbocycles. The number of carbonyl (C=O) groups excluding carboxylic acids is 1. The monoisotopic (exact) mass is 338 g/mol. The average molecular weight is 338 g/mol. The lowest BCUT2D eigenvalue weighted by Gasteiger charge is -2.24. The summed E-state index contributed by atoms with van der Waals surface area (Å²) >= 11 is 0. The Labute approximate surface area is 147 Å². The number of carbonyl (C=O) groups is 1. The van der Waals surface area contributed by atoms with Crippen LogP contribution in [0, 0.1) is 11.3 Å². The predicted octanol–water partition coefficient (Wildman–Crippen LogP) is 1.93. The van der Waals surface area contributed by atoms with Gasteiger partial charge < -0.3 is 24.9 Å². The molecule has 0 aliphatic rings. The van der Waals surface area contributed by atoms with Crippen molar-refractivity contribution in [1.29, 1.82) is 5.26 Å². The molecule has 0 aliphatic heterocycles. The molecule has 1 unspecified atom stereocenters. The van der Waals surface area contributed by atoms with Gasteiger partial charge in [-0.05, 0) is 48.9 Å². The number of benzene rings is 2. The summed E-state index contributed by atoms with van der Waals surface area (Å²) in [6.07, 6.45) is 0. The normalized spacial score (nSPS) is 11.3.